The number of nitrogens with zero attached hydrogens (tertiary/aromatic N) is 2. The number of halogens is 1. The van der Waals surface area contributed by atoms with Gasteiger partial charge in [0.05, 0.1) is 5.52 Å². The number of fused-ring (bicyclic) bond motifs is 1. The van der Waals surface area contributed by atoms with Crippen molar-refractivity contribution in [1.82, 2.24) is 9.78 Å². The standard InChI is InChI=1S/C15H11ClN2O2S/c16-10-5-7-11(8-6-10)21-15-12-3-1-2-4-13(12)18(17-15)9-14(19)20/h1-8H,9H2,(H,19,20). The zero-order valence-electron chi connectivity index (χ0n) is 10.9. The first kappa shape index (κ1) is 14.0. The van der Waals surface area contributed by atoms with Crippen LogP contribution in [0, 0.1) is 0 Å². The van der Waals surface area contributed by atoms with Crippen LogP contribution in [0.3, 0.4) is 0 Å². The molecule has 0 spiro atoms. The predicted molar refractivity (Wildman–Crippen MR) is 82.9 cm³/mol. The fraction of sp³-hybridized carbons (Fsp3) is 0.0667. The number of carboxylic acids is 1. The van der Waals surface area contributed by atoms with Crippen LogP contribution in [-0.2, 0) is 11.3 Å². The van der Waals surface area contributed by atoms with Gasteiger partial charge in [-0.25, -0.2) is 0 Å². The Hall–Kier alpha value is -1.98. The van der Waals surface area contributed by atoms with Crippen molar-refractivity contribution in [3.63, 3.8) is 0 Å². The van der Waals surface area contributed by atoms with E-state index in [1.165, 1.54) is 16.4 Å². The van der Waals surface area contributed by atoms with Crippen LogP contribution in [0.2, 0.25) is 5.02 Å². The number of carbonyl (C=O) groups is 1. The van der Waals surface area contributed by atoms with E-state index in [4.69, 9.17) is 16.7 Å². The van der Waals surface area contributed by atoms with Crippen LogP contribution in [0.25, 0.3) is 10.9 Å². The van der Waals surface area contributed by atoms with Crippen molar-refractivity contribution in [2.24, 2.45) is 0 Å². The molecule has 0 saturated heterocycles. The van der Waals surface area contributed by atoms with Gasteiger partial charge in [-0.05, 0) is 30.3 Å². The molecule has 0 unspecified atom stereocenters. The Morgan fingerprint density at radius 1 is 1.19 bits per heavy atom. The number of aromatic nitrogens is 2. The quantitative estimate of drug-likeness (QED) is 0.792. The molecule has 1 aromatic heterocycles. The van der Waals surface area contributed by atoms with Gasteiger partial charge in [-0.1, -0.05) is 41.6 Å². The SMILES string of the molecule is O=C(O)Cn1nc(Sc2ccc(Cl)cc2)c2ccccc21. The second-order valence-electron chi connectivity index (χ2n) is 4.43. The lowest BCUT2D eigenvalue weighted by atomic mass is 10.2. The highest BCUT2D eigenvalue weighted by molar-refractivity contribution is 7.99. The number of benzene rings is 2. The first-order valence-corrected chi connectivity index (χ1v) is 7.44. The van der Waals surface area contributed by atoms with Gasteiger partial charge in [0.15, 0.2) is 0 Å². The molecule has 0 aliphatic rings. The number of carboxylic acid groups (broad SMARTS) is 1. The van der Waals surface area contributed by atoms with E-state index in [1.54, 1.807) is 0 Å². The third-order valence-corrected chi connectivity index (χ3v) is 4.19. The van der Waals surface area contributed by atoms with E-state index in [0.29, 0.717) is 5.02 Å². The zero-order chi connectivity index (χ0) is 14.8. The molecular formula is C15H11ClN2O2S. The van der Waals surface area contributed by atoms with Crippen molar-refractivity contribution in [3.05, 3.63) is 53.6 Å². The topological polar surface area (TPSA) is 55.1 Å². The highest BCUT2D eigenvalue weighted by Gasteiger charge is 2.13. The Morgan fingerprint density at radius 3 is 2.62 bits per heavy atom. The van der Waals surface area contributed by atoms with Gasteiger partial charge in [0.2, 0.25) is 0 Å². The molecule has 1 N–H and O–H groups in total. The van der Waals surface area contributed by atoms with Gasteiger partial charge in [-0.3, -0.25) is 9.48 Å². The first-order chi connectivity index (χ1) is 10.1. The monoisotopic (exact) mass is 318 g/mol. The lowest BCUT2D eigenvalue weighted by Gasteiger charge is -1.98. The molecule has 21 heavy (non-hydrogen) atoms. The van der Waals surface area contributed by atoms with Crippen molar-refractivity contribution in [1.29, 1.82) is 0 Å². The molecule has 0 aliphatic carbocycles. The summed E-state index contributed by atoms with van der Waals surface area (Å²) in [6, 6.07) is 15.1. The summed E-state index contributed by atoms with van der Waals surface area (Å²) in [5.74, 6) is -0.911. The van der Waals surface area contributed by atoms with Gasteiger partial charge in [0.1, 0.15) is 11.6 Å². The third-order valence-electron chi connectivity index (χ3n) is 2.94. The molecule has 3 rings (SSSR count). The van der Waals surface area contributed by atoms with Crippen LogP contribution in [0.15, 0.2) is 58.5 Å². The maximum absolute atomic E-state index is 10.9. The van der Waals surface area contributed by atoms with E-state index in [-0.39, 0.29) is 6.54 Å². The summed E-state index contributed by atoms with van der Waals surface area (Å²) < 4.78 is 1.51. The molecule has 0 amide bonds. The van der Waals surface area contributed by atoms with Crippen LogP contribution < -0.4 is 0 Å². The maximum Gasteiger partial charge on any atom is 0.325 e. The number of hydrogen-bond acceptors (Lipinski definition) is 3. The predicted octanol–water partition coefficient (Wildman–Crippen LogP) is 3.93. The fourth-order valence-corrected chi connectivity index (χ4v) is 3.08. The van der Waals surface area contributed by atoms with Crippen LogP contribution >= 0.6 is 23.4 Å². The van der Waals surface area contributed by atoms with E-state index >= 15 is 0 Å². The zero-order valence-corrected chi connectivity index (χ0v) is 12.4. The molecule has 3 aromatic rings. The summed E-state index contributed by atoms with van der Waals surface area (Å²) in [5.41, 5.74) is 0.816. The molecule has 0 aliphatic heterocycles. The summed E-state index contributed by atoms with van der Waals surface area (Å²) in [4.78, 5) is 11.9. The molecule has 0 atom stereocenters. The summed E-state index contributed by atoms with van der Waals surface area (Å²) >= 11 is 7.37. The molecule has 0 bridgehead atoms. The largest absolute Gasteiger partial charge is 0.480 e. The Labute approximate surface area is 130 Å². The van der Waals surface area contributed by atoms with Crippen molar-refractivity contribution < 1.29 is 9.90 Å². The summed E-state index contributed by atoms with van der Waals surface area (Å²) in [5, 5.41) is 15.8. The minimum Gasteiger partial charge on any atom is -0.480 e. The van der Waals surface area contributed by atoms with Gasteiger partial charge in [-0.2, -0.15) is 5.10 Å². The number of rotatable bonds is 4. The van der Waals surface area contributed by atoms with Gasteiger partial charge in [0, 0.05) is 15.3 Å². The first-order valence-electron chi connectivity index (χ1n) is 6.24. The van der Waals surface area contributed by atoms with Crippen molar-refractivity contribution >= 4 is 40.2 Å². The lowest BCUT2D eigenvalue weighted by molar-refractivity contribution is -0.137. The number of hydrogen-bond donors (Lipinski definition) is 1. The number of para-hydroxylation sites is 1. The second-order valence-corrected chi connectivity index (χ2v) is 5.93. The van der Waals surface area contributed by atoms with Gasteiger partial charge >= 0.3 is 5.97 Å². The van der Waals surface area contributed by atoms with Crippen LogP contribution in [0.5, 0.6) is 0 Å². The van der Waals surface area contributed by atoms with E-state index < -0.39 is 5.97 Å². The molecule has 2 aromatic carbocycles. The van der Waals surface area contributed by atoms with E-state index in [9.17, 15) is 4.79 Å². The van der Waals surface area contributed by atoms with Crippen molar-refractivity contribution in [3.8, 4) is 0 Å². The van der Waals surface area contributed by atoms with E-state index in [2.05, 4.69) is 5.10 Å². The minimum absolute atomic E-state index is 0.151. The minimum atomic E-state index is -0.911. The molecular weight excluding hydrogens is 308 g/mol. The molecule has 0 radical (unpaired) electrons. The highest BCUT2D eigenvalue weighted by Crippen LogP contribution is 2.33. The number of aliphatic carboxylic acids is 1. The van der Waals surface area contributed by atoms with Crippen LogP contribution in [0.1, 0.15) is 0 Å². The third kappa shape index (κ3) is 3.04. The Bertz CT molecular complexity index is 799. The molecule has 6 heteroatoms. The second kappa shape index (κ2) is 5.79. The highest BCUT2D eigenvalue weighted by atomic mass is 35.5. The fourth-order valence-electron chi connectivity index (χ4n) is 2.04. The summed E-state index contributed by atoms with van der Waals surface area (Å²) in [6.45, 7) is -0.151. The van der Waals surface area contributed by atoms with E-state index in [1.807, 2.05) is 48.5 Å². The molecule has 1 heterocycles. The molecule has 0 saturated carbocycles. The maximum atomic E-state index is 10.9. The van der Waals surface area contributed by atoms with Crippen LogP contribution in [0.4, 0.5) is 0 Å². The Morgan fingerprint density at radius 2 is 1.90 bits per heavy atom. The average molecular weight is 319 g/mol. The van der Waals surface area contributed by atoms with E-state index in [0.717, 1.165) is 20.8 Å². The smallest absolute Gasteiger partial charge is 0.325 e. The summed E-state index contributed by atoms with van der Waals surface area (Å²) in [6.07, 6.45) is 0. The lowest BCUT2D eigenvalue weighted by Crippen LogP contribution is -2.09. The molecule has 0 fully saturated rings. The average Bonchev–Trinajstić information content (AvgIpc) is 2.79. The summed E-state index contributed by atoms with van der Waals surface area (Å²) in [7, 11) is 0. The Balaban J connectivity index is 2.01. The molecule has 106 valence electrons. The van der Waals surface area contributed by atoms with Crippen molar-refractivity contribution in [2.75, 3.05) is 0 Å². The van der Waals surface area contributed by atoms with Gasteiger partial charge in [0.25, 0.3) is 0 Å². The van der Waals surface area contributed by atoms with Crippen LogP contribution in [-0.4, -0.2) is 20.9 Å². The van der Waals surface area contributed by atoms with Gasteiger partial charge in [-0.15, -0.1) is 0 Å². The Kier molecular flexibility index (Phi) is 3.86. The van der Waals surface area contributed by atoms with Gasteiger partial charge < -0.3 is 5.11 Å². The molecule has 4 nitrogen and oxygen atoms in total. The van der Waals surface area contributed by atoms with Crippen molar-refractivity contribution in [2.45, 2.75) is 16.5 Å². The normalized spacial score (nSPS) is 10.9.